The predicted molar refractivity (Wildman–Crippen MR) is 105 cm³/mol. The van der Waals surface area contributed by atoms with Gasteiger partial charge in [-0.05, 0) is 36.4 Å². The number of hydrogen-bond acceptors (Lipinski definition) is 6. The maximum atomic E-state index is 6.02. The van der Waals surface area contributed by atoms with E-state index in [0.29, 0.717) is 33.3 Å². The van der Waals surface area contributed by atoms with E-state index < -0.39 is 0 Å². The molecular formula is C18H16Cl2N4O2. The molecule has 3 aromatic rings. The summed E-state index contributed by atoms with van der Waals surface area (Å²) in [6, 6.07) is 12.4. The Balaban J connectivity index is 1.81. The van der Waals surface area contributed by atoms with E-state index in [-0.39, 0.29) is 0 Å². The number of ether oxygens (including phenoxy) is 2. The van der Waals surface area contributed by atoms with Crippen LogP contribution in [0.25, 0.3) is 0 Å². The van der Waals surface area contributed by atoms with Gasteiger partial charge in [-0.15, -0.1) is 0 Å². The molecule has 1 heterocycles. The molecule has 0 amide bonds. The number of rotatable bonds is 6. The molecule has 2 aromatic carbocycles. The van der Waals surface area contributed by atoms with Crippen molar-refractivity contribution in [3.8, 4) is 11.5 Å². The van der Waals surface area contributed by atoms with Gasteiger partial charge in [0.25, 0.3) is 0 Å². The van der Waals surface area contributed by atoms with E-state index in [9.17, 15) is 0 Å². The predicted octanol–water partition coefficient (Wildman–Crippen LogP) is 5.29. The van der Waals surface area contributed by atoms with Crippen molar-refractivity contribution in [2.24, 2.45) is 0 Å². The number of hydrogen-bond donors (Lipinski definition) is 2. The molecule has 0 atom stereocenters. The number of methoxy groups -OCH3 is 2. The fraction of sp³-hybridized carbons (Fsp3) is 0.111. The number of aromatic nitrogens is 2. The molecule has 8 heteroatoms. The third-order valence-corrected chi connectivity index (χ3v) is 3.88. The topological polar surface area (TPSA) is 68.3 Å². The molecule has 0 saturated heterocycles. The molecule has 0 unspecified atom stereocenters. The van der Waals surface area contributed by atoms with Crippen molar-refractivity contribution in [1.82, 2.24) is 9.97 Å². The Morgan fingerprint density at radius 1 is 0.885 bits per heavy atom. The standard InChI is InChI=1S/C18H16Cl2N4O2/c1-25-14-3-4-15(16(10-14)26-2)23-18-21-6-5-17(24-18)22-13-8-11(19)7-12(20)9-13/h3-10H,1-2H3,(H2,21,22,23,24). The highest BCUT2D eigenvalue weighted by molar-refractivity contribution is 6.35. The summed E-state index contributed by atoms with van der Waals surface area (Å²) < 4.78 is 10.6. The molecule has 0 aliphatic rings. The van der Waals surface area contributed by atoms with Crippen LogP contribution in [-0.4, -0.2) is 24.2 Å². The van der Waals surface area contributed by atoms with E-state index >= 15 is 0 Å². The lowest BCUT2D eigenvalue weighted by Gasteiger charge is -2.12. The van der Waals surface area contributed by atoms with Crippen LogP contribution in [-0.2, 0) is 0 Å². The van der Waals surface area contributed by atoms with E-state index in [2.05, 4.69) is 20.6 Å². The number of halogens is 2. The van der Waals surface area contributed by atoms with Gasteiger partial charge in [0.2, 0.25) is 5.95 Å². The van der Waals surface area contributed by atoms with Crippen LogP contribution in [0.1, 0.15) is 0 Å². The van der Waals surface area contributed by atoms with Crippen molar-refractivity contribution < 1.29 is 9.47 Å². The fourth-order valence-electron chi connectivity index (χ4n) is 2.28. The Morgan fingerprint density at radius 2 is 1.65 bits per heavy atom. The quantitative estimate of drug-likeness (QED) is 0.595. The Kier molecular flexibility index (Phi) is 5.65. The van der Waals surface area contributed by atoms with E-state index in [1.54, 1.807) is 50.7 Å². The Labute approximate surface area is 161 Å². The second kappa shape index (κ2) is 8.12. The first-order valence-corrected chi connectivity index (χ1v) is 8.38. The molecule has 26 heavy (non-hydrogen) atoms. The molecule has 2 N–H and O–H groups in total. The van der Waals surface area contributed by atoms with Crippen LogP contribution < -0.4 is 20.1 Å². The molecule has 0 spiro atoms. The van der Waals surface area contributed by atoms with Crippen molar-refractivity contribution in [2.75, 3.05) is 24.9 Å². The van der Waals surface area contributed by atoms with E-state index in [4.69, 9.17) is 32.7 Å². The Morgan fingerprint density at radius 3 is 2.35 bits per heavy atom. The largest absolute Gasteiger partial charge is 0.497 e. The van der Waals surface area contributed by atoms with Crippen molar-refractivity contribution in [3.05, 3.63) is 58.7 Å². The summed E-state index contributed by atoms with van der Waals surface area (Å²) >= 11 is 12.0. The van der Waals surface area contributed by atoms with Gasteiger partial charge in [0.1, 0.15) is 17.3 Å². The number of benzene rings is 2. The van der Waals surface area contributed by atoms with Crippen LogP contribution >= 0.6 is 23.2 Å². The van der Waals surface area contributed by atoms with Crippen molar-refractivity contribution >= 4 is 46.3 Å². The van der Waals surface area contributed by atoms with Crippen LogP contribution in [0.3, 0.4) is 0 Å². The molecule has 1 aromatic heterocycles. The highest BCUT2D eigenvalue weighted by Gasteiger charge is 2.08. The fourth-order valence-corrected chi connectivity index (χ4v) is 2.81. The lowest BCUT2D eigenvalue weighted by atomic mass is 10.2. The molecule has 0 aliphatic carbocycles. The molecule has 0 radical (unpaired) electrons. The Bertz CT molecular complexity index is 901. The summed E-state index contributed by atoms with van der Waals surface area (Å²) in [5.41, 5.74) is 1.45. The molecule has 0 saturated carbocycles. The summed E-state index contributed by atoms with van der Waals surface area (Å²) in [5, 5.41) is 7.35. The van der Waals surface area contributed by atoms with Crippen LogP contribution in [0.4, 0.5) is 23.1 Å². The second-order valence-corrected chi connectivity index (χ2v) is 6.11. The minimum atomic E-state index is 0.409. The third kappa shape index (κ3) is 4.47. The first-order valence-electron chi connectivity index (χ1n) is 7.62. The highest BCUT2D eigenvalue weighted by atomic mass is 35.5. The summed E-state index contributed by atoms with van der Waals surface area (Å²) in [6.45, 7) is 0. The SMILES string of the molecule is COc1ccc(Nc2nccc(Nc3cc(Cl)cc(Cl)c3)n2)c(OC)c1. The highest BCUT2D eigenvalue weighted by Crippen LogP contribution is 2.31. The van der Waals surface area contributed by atoms with Gasteiger partial charge in [0, 0.05) is 28.0 Å². The van der Waals surface area contributed by atoms with E-state index in [0.717, 1.165) is 11.4 Å². The third-order valence-electron chi connectivity index (χ3n) is 3.45. The first-order chi connectivity index (χ1) is 12.6. The zero-order valence-corrected chi connectivity index (χ0v) is 15.6. The maximum Gasteiger partial charge on any atom is 0.229 e. The average molecular weight is 391 g/mol. The molecule has 0 bridgehead atoms. The second-order valence-electron chi connectivity index (χ2n) is 5.24. The molecule has 0 fully saturated rings. The zero-order chi connectivity index (χ0) is 18.5. The summed E-state index contributed by atoms with van der Waals surface area (Å²) in [4.78, 5) is 8.66. The molecule has 0 aliphatic heterocycles. The number of nitrogens with zero attached hydrogens (tertiary/aromatic N) is 2. The number of nitrogens with one attached hydrogen (secondary N) is 2. The Hall–Kier alpha value is -2.70. The molecule has 3 rings (SSSR count). The van der Waals surface area contributed by atoms with Crippen molar-refractivity contribution in [2.45, 2.75) is 0 Å². The minimum Gasteiger partial charge on any atom is -0.497 e. The first kappa shape index (κ1) is 18.1. The van der Waals surface area contributed by atoms with Crippen LogP contribution in [0.5, 0.6) is 11.5 Å². The monoisotopic (exact) mass is 390 g/mol. The van der Waals surface area contributed by atoms with Gasteiger partial charge < -0.3 is 20.1 Å². The van der Waals surface area contributed by atoms with Crippen LogP contribution in [0.15, 0.2) is 48.7 Å². The van der Waals surface area contributed by atoms with Gasteiger partial charge in [-0.1, -0.05) is 23.2 Å². The van der Waals surface area contributed by atoms with Crippen LogP contribution in [0, 0.1) is 0 Å². The van der Waals surface area contributed by atoms with Gasteiger partial charge in [-0.25, -0.2) is 4.98 Å². The molecule has 6 nitrogen and oxygen atoms in total. The van der Waals surface area contributed by atoms with E-state index in [1.165, 1.54) is 0 Å². The summed E-state index contributed by atoms with van der Waals surface area (Å²) in [7, 11) is 3.18. The normalized spacial score (nSPS) is 10.3. The van der Waals surface area contributed by atoms with Gasteiger partial charge in [-0.3, -0.25) is 0 Å². The molecular weight excluding hydrogens is 375 g/mol. The molecule has 134 valence electrons. The minimum absolute atomic E-state index is 0.409. The average Bonchev–Trinajstić information content (AvgIpc) is 2.61. The summed E-state index contributed by atoms with van der Waals surface area (Å²) in [5.74, 6) is 2.31. The van der Waals surface area contributed by atoms with Crippen LogP contribution in [0.2, 0.25) is 10.0 Å². The number of anilines is 4. The zero-order valence-electron chi connectivity index (χ0n) is 14.1. The van der Waals surface area contributed by atoms with Gasteiger partial charge in [0.15, 0.2) is 0 Å². The lowest BCUT2D eigenvalue weighted by molar-refractivity contribution is 0.395. The van der Waals surface area contributed by atoms with E-state index in [1.807, 2.05) is 12.1 Å². The van der Waals surface area contributed by atoms with Gasteiger partial charge in [-0.2, -0.15) is 4.98 Å². The van der Waals surface area contributed by atoms with Gasteiger partial charge in [0.05, 0.1) is 19.9 Å². The summed E-state index contributed by atoms with van der Waals surface area (Å²) in [6.07, 6.45) is 1.64. The lowest BCUT2D eigenvalue weighted by Crippen LogP contribution is -2.02. The smallest absolute Gasteiger partial charge is 0.229 e. The van der Waals surface area contributed by atoms with Crippen molar-refractivity contribution in [3.63, 3.8) is 0 Å². The van der Waals surface area contributed by atoms with Gasteiger partial charge >= 0.3 is 0 Å². The van der Waals surface area contributed by atoms with Crippen molar-refractivity contribution in [1.29, 1.82) is 0 Å². The maximum absolute atomic E-state index is 6.02.